The summed E-state index contributed by atoms with van der Waals surface area (Å²) in [5, 5.41) is 14.7. The van der Waals surface area contributed by atoms with Crippen LogP contribution in [0.4, 0.5) is 17.8 Å². The van der Waals surface area contributed by atoms with E-state index in [2.05, 4.69) is 42.4 Å². The van der Waals surface area contributed by atoms with Gasteiger partial charge in [-0.1, -0.05) is 36.4 Å². The molecular formula is C27H33N7O. The maximum Gasteiger partial charge on any atom is 0.250 e. The van der Waals surface area contributed by atoms with Gasteiger partial charge in [-0.05, 0) is 68.2 Å². The molecule has 0 radical (unpaired) electrons. The number of piperidine rings is 2. The number of hydrogen-bond donors (Lipinski definition) is 2. The smallest absolute Gasteiger partial charge is 0.250 e. The summed E-state index contributed by atoms with van der Waals surface area (Å²) < 4.78 is 0. The standard InChI is InChI=1S/C27H33N7O/c35-24-13-12-22(18-21-10-4-1-5-11-21)19-23(24)20-28-32-25-29-26(33-14-6-2-7-15-33)31-27(30-25)34-16-8-3-9-17-34/h1,4-5,10-13,19-20,35H,2-3,6-9,14-18H2,(H,29,30,31,32)/b28-20+. The molecule has 3 heterocycles. The fourth-order valence-corrected chi connectivity index (χ4v) is 4.68. The molecule has 5 rings (SSSR count). The van der Waals surface area contributed by atoms with Crippen molar-refractivity contribution in [2.45, 2.75) is 44.9 Å². The van der Waals surface area contributed by atoms with Gasteiger partial charge in [-0.15, -0.1) is 0 Å². The molecule has 2 aromatic carbocycles. The average molecular weight is 472 g/mol. The van der Waals surface area contributed by atoms with Crippen molar-refractivity contribution in [1.29, 1.82) is 0 Å². The molecular weight excluding hydrogens is 438 g/mol. The summed E-state index contributed by atoms with van der Waals surface area (Å²) in [6.07, 6.45) is 9.55. The van der Waals surface area contributed by atoms with E-state index in [1.807, 2.05) is 30.3 Å². The van der Waals surface area contributed by atoms with Crippen LogP contribution in [-0.4, -0.2) is 52.5 Å². The second kappa shape index (κ2) is 11.2. The molecule has 8 nitrogen and oxygen atoms in total. The molecule has 2 saturated heterocycles. The van der Waals surface area contributed by atoms with Crippen LogP contribution >= 0.6 is 0 Å². The first-order valence-electron chi connectivity index (χ1n) is 12.7. The predicted molar refractivity (Wildman–Crippen MR) is 141 cm³/mol. The van der Waals surface area contributed by atoms with Gasteiger partial charge < -0.3 is 14.9 Å². The molecule has 2 fully saturated rings. The van der Waals surface area contributed by atoms with Gasteiger partial charge in [0, 0.05) is 31.7 Å². The van der Waals surface area contributed by atoms with Crippen molar-refractivity contribution >= 4 is 24.1 Å². The lowest BCUT2D eigenvalue weighted by Gasteiger charge is -2.30. The number of phenolic OH excluding ortho intramolecular Hbond substituents is 1. The van der Waals surface area contributed by atoms with Crippen molar-refractivity contribution in [3.05, 3.63) is 65.2 Å². The minimum atomic E-state index is 0.186. The Kier molecular flexibility index (Phi) is 7.36. The van der Waals surface area contributed by atoms with Gasteiger partial charge in [0.1, 0.15) is 5.75 Å². The molecule has 0 unspecified atom stereocenters. The zero-order valence-corrected chi connectivity index (χ0v) is 20.1. The summed E-state index contributed by atoms with van der Waals surface area (Å²) in [4.78, 5) is 18.6. The molecule has 2 aliphatic heterocycles. The number of nitrogens with zero attached hydrogens (tertiary/aromatic N) is 6. The lowest BCUT2D eigenvalue weighted by Crippen LogP contribution is -2.34. The van der Waals surface area contributed by atoms with Gasteiger partial charge in [-0.25, -0.2) is 5.43 Å². The van der Waals surface area contributed by atoms with Crippen molar-refractivity contribution < 1.29 is 5.11 Å². The molecule has 0 atom stereocenters. The number of phenols is 1. The van der Waals surface area contributed by atoms with E-state index in [1.165, 1.54) is 18.4 Å². The fourth-order valence-electron chi connectivity index (χ4n) is 4.68. The van der Waals surface area contributed by atoms with Crippen molar-refractivity contribution in [2.24, 2.45) is 5.10 Å². The topological polar surface area (TPSA) is 89.8 Å². The zero-order valence-electron chi connectivity index (χ0n) is 20.1. The molecule has 0 saturated carbocycles. The Bertz CT molecular complexity index is 1100. The second-order valence-corrected chi connectivity index (χ2v) is 9.28. The van der Waals surface area contributed by atoms with Crippen LogP contribution in [0.25, 0.3) is 0 Å². The highest BCUT2D eigenvalue weighted by atomic mass is 16.3. The third kappa shape index (κ3) is 6.07. The van der Waals surface area contributed by atoms with Crippen LogP contribution in [0.5, 0.6) is 5.75 Å². The number of anilines is 3. The summed E-state index contributed by atoms with van der Waals surface area (Å²) >= 11 is 0. The number of hydrazone groups is 1. The molecule has 2 aliphatic rings. The molecule has 8 heteroatoms. The molecule has 2 N–H and O–H groups in total. The molecule has 182 valence electrons. The average Bonchev–Trinajstić information content (AvgIpc) is 2.92. The second-order valence-electron chi connectivity index (χ2n) is 9.28. The Morgan fingerprint density at radius 3 is 2.03 bits per heavy atom. The van der Waals surface area contributed by atoms with Crippen LogP contribution < -0.4 is 15.2 Å². The molecule has 35 heavy (non-hydrogen) atoms. The fraction of sp³-hybridized carbons (Fsp3) is 0.407. The van der Waals surface area contributed by atoms with Gasteiger partial charge in [0.15, 0.2) is 0 Å². The Labute approximate surface area is 206 Å². The van der Waals surface area contributed by atoms with Gasteiger partial charge in [-0.3, -0.25) is 0 Å². The van der Waals surface area contributed by atoms with E-state index in [0.29, 0.717) is 23.4 Å². The van der Waals surface area contributed by atoms with Crippen molar-refractivity contribution in [2.75, 3.05) is 41.4 Å². The van der Waals surface area contributed by atoms with Crippen molar-refractivity contribution in [3.63, 3.8) is 0 Å². The Morgan fingerprint density at radius 2 is 1.40 bits per heavy atom. The van der Waals surface area contributed by atoms with Crippen molar-refractivity contribution in [3.8, 4) is 5.75 Å². The molecule has 0 bridgehead atoms. The summed E-state index contributed by atoms with van der Waals surface area (Å²) in [7, 11) is 0. The third-order valence-corrected chi connectivity index (χ3v) is 6.60. The Morgan fingerprint density at radius 1 is 0.771 bits per heavy atom. The number of hydrogen-bond acceptors (Lipinski definition) is 8. The van der Waals surface area contributed by atoms with Crippen LogP contribution in [-0.2, 0) is 6.42 Å². The maximum atomic E-state index is 10.4. The van der Waals surface area contributed by atoms with E-state index < -0.39 is 0 Å². The van der Waals surface area contributed by atoms with Crippen LogP contribution in [0.1, 0.15) is 55.2 Å². The van der Waals surface area contributed by atoms with E-state index in [1.54, 1.807) is 12.3 Å². The Hall–Kier alpha value is -3.68. The number of aromatic nitrogens is 3. The first-order valence-corrected chi connectivity index (χ1v) is 12.7. The first kappa shape index (κ1) is 23.1. The summed E-state index contributed by atoms with van der Waals surface area (Å²) in [5.74, 6) is 2.04. The normalized spacial score (nSPS) is 16.6. The van der Waals surface area contributed by atoms with E-state index >= 15 is 0 Å². The van der Waals surface area contributed by atoms with Gasteiger partial charge >= 0.3 is 0 Å². The lowest BCUT2D eigenvalue weighted by atomic mass is 10.0. The molecule has 0 amide bonds. The van der Waals surface area contributed by atoms with Crippen LogP contribution in [0.2, 0.25) is 0 Å². The molecule has 0 spiro atoms. The van der Waals surface area contributed by atoms with E-state index in [9.17, 15) is 5.11 Å². The van der Waals surface area contributed by atoms with Crippen LogP contribution in [0.3, 0.4) is 0 Å². The summed E-state index contributed by atoms with van der Waals surface area (Å²) in [5.41, 5.74) is 5.97. The monoisotopic (exact) mass is 471 g/mol. The van der Waals surface area contributed by atoms with Gasteiger partial charge in [0.2, 0.25) is 17.8 Å². The van der Waals surface area contributed by atoms with E-state index in [0.717, 1.165) is 63.8 Å². The van der Waals surface area contributed by atoms with Gasteiger partial charge in [0.05, 0.1) is 6.21 Å². The van der Waals surface area contributed by atoms with Gasteiger partial charge in [-0.2, -0.15) is 20.1 Å². The minimum absolute atomic E-state index is 0.186. The van der Waals surface area contributed by atoms with Crippen LogP contribution in [0, 0.1) is 0 Å². The largest absolute Gasteiger partial charge is 0.507 e. The first-order chi connectivity index (χ1) is 17.2. The minimum Gasteiger partial charge on any atom is -0.507 e. The highest BCUT2D eigenvalue weighted by molar-refractivity contribution is 5.84. The summed E-state index contributed by atoms with van der Waals surface area (Å²) in [6, 6.07) is 15.9. The van der Waals surface area contributed by atoms with E-state index in [-0.39, 0.29) is 5.75 Å². The Balaban J connectivity index is 1.34. The number of aromatic hydroxyl groups is 1. The SMILES string of the molecule is Oc1ccc(Cc2ccccc2)cc1/C=N/Nc1nc(N2CCCCC2)nc(N2CCCCC2)n1. The maximum absolute atomic E-state index is 10.4. The highest BCUT2D eigenvalue weighted by Gasteiger charge is 2.20. The molecule has 3 aromatic rings. The highest BCUT2D eigenvalue weighted by Crippen LogP contribution is 2.23. The molecule has 1 aromatic heterocycles. The third-order valence-electron chi connectivity index (χ3n) is 6.60. The van der Waals surface area contributed by atoms with Crippen molar-refractivity contribution in [1.82, 2.24) is 15.0 Å². The lowest BCUT2D eigenvalue weighted by molar-refractivity contribution is 0.474. The van der Waals surface area contributed by atoms with Gasteiger partial charge in [0.25, 0.3) is 0 Å². The van der Waals surface area contributed by atoms with Crippen LogP contribution in [0.15, 0.2) is 53.6 Å². The quantitative estimate of drug-likeness (QED) is 0.385. The molecule has 0 aliphatic carbocycles. The number of nitrogens with one attached hydrogen (secondary N) is 1. The van der Waals surface area contributed by atoms with E-state index in [4.69, 9.17) is 4.98 Å². The summed E-state index contributed by atoms with van der Waals surface area (Å²) in [6.45, 7) is 3.87. The number of rotatable bonds is 7. The number of benzene rings is 2. The predicted octanol–water partition coefficient (Wildman–Crippen LogP) is 4.59. The zero-order chi connectivity index (χ0) is 23.9.